The van der Waals surface area contributed by atoms with Gasteiger partial charge in [-0.25, -0.2) is 8.78 Å². The lowest BCUT2D eigenvalue weighted by atomic mass is 9.97. The second-order valence-corrected chi connectivity index (χ2v) is 6.90. The molecule has 0 radical (unpaired) electrons. The number of aromatic nitrogens is 4. The van der Waals surface area contributed by atoms with Crippen molar-refractivity contribution in [2.75, 3.05) is 11.4 Å². The minimum absolute atomic E-state index is 0.153. The van der Waals surface area contributed by atoms with Gasteiger partial charge in [-0.1, -0.05) is 12.1 Å². The zero-order chi connectivity index (χ0) is 18.7. The molecule has 1 aliphatic heterocycles. The van der Waals surface area contributed by atoms with Crippen LogP contribution in [0.4, 0.5) is 20.3 Å². The fraction of sp³-hybridized carbons (Fsp3) is 0.250. The van der Waals surface area contributed by atoms with Crippen molar-refractivity contribution in [3.05, 3.63) is 58.9 Å². The van der Waals surface area contributed by atoms with Crippen molar-refractivity contribution in [2.24, 2.45) is 0 Å². The molecule has 0 saturated carbocycles. The quantitative estimate of drug-likeness (QED) is 0.506. The Kier molecular flexibility index (Phi) is 3.40. The van der Waals surface area contributed by atoms with Gasteiger partial charge in [-0.15, -0.1) is 10.2 Å². The van der Waals surface area contributed by atoms with Crippen LogP contribution in [-0.4, -0.2) is 26.1 Å². The van der Waals surface area contributed by atoms with Crippen molar-refractivity contribution < 1.29 is 8.78 Å². The molecule has 2 aromatic heterocycles. The molecule has 0 fully saturated rings. The van der Waals surface area contributed by atoms with Crippen molar-refractivity contribution in [2.45, 2.75) is 26.7 Å². The molecule has 5 rings (SSSR count). The smallest absolute Gasteiger partial charge is 0.257 e. The Bertz CT molecular complexity index is 1210. The van der Waals surface area contributed by atoms with Gasteiger partial charge in [-0.2, -0.15) is 4.98 Å². The van der Waals surface area contributed by atoms with Gasteiger partial charge in [0.15, 0.2) is 11.6 Å². The van der Waals surface area contributed by atoms with E-state index in [1.165, 1.54) is 11.1 Å². The van der Waals surface area contributed by atoms with Crippen molar-refractivity contribution >= 4 is 28.2 Å². The molecular weight excluding hydrogens is 348 g/mol. The van der Waals surface area contributed by atoms with Gasteiger partial charge in [-0.05, 0) is 56.0 Å². The molecule has 7 heteroatoms. The van der Waals surface area contributed by atoms with Crippen LogP contribution in [0.5, 0.6) is 0 Å². The monoisotopic (exact) mass is 365 g/mol. The van der Waals surface area contributed by atoms with Crippen molar-refractivity contribution in [1.82, 2.24) is 19.6 Å². The highest BCUT2D eigenvalue weighted by Gasteiger charge is 2.26. The van der Waals surface area contributed by atoms with Gasteiger partial charge in [0.1, 0.15) is 11.6 Å². The van der Waals surface area contributed by atoms with E-state index < -0.39 is 11.6 Å². The van der Waals surface area contributed by atoms with Crippen LogP contribution in [0.15, 0.2) is 30.3 Å². The molecule has 1 aliphatic rings. The average molecular weight is 365 g/mol. The number of hydrogen-bond acceptors (Lipinski definition) is 4. The highest BCUT2D eigenvalue weighted by Crippen LogP contribution is 2.39. The van der Waals surface area contributed by atoms with E-state index in [1.807, 2.05) is 17.0 Å². The zero-order valence-electron chi connectivity index (χ0n) is 15.0. The molecule has 0 spiro atoms. The first kappa shape index (κ1) is 16.1. The summed E-state index contributed by atoms with van der Waals surface area (Å²) in [6.07, 6.45) is 1.87. The summed E-state index contributed by atoms with van der Waals surface area (Å²) in [7, 11) is 0. The maximum atomic E-state index is 14.9. The summed E-state index contributed by atoms with van der Waals surface area (Å²) in [5.74, 6) is -0.453. The Morgan fingerprint density at radius 2 is 1.89 bits per heavy atom. The number of anilines is 2. The van der Waals surface area contributed by atoms with Crippen LogP contribution in [0.2, 0.25) is 0 Å². The lowest BCUT2D eigenvalue weighted by molar-refractivity contribution is 0.516. The number of hydrogen-bond donors (Lipinski definition) is 0. The molecule has 136 valence electrons. The fourth-order valence-corrected chi connectivity index (χ4v) is 4.01. The molecule has 3 heterocycles. The second-order valence-electron chi connectivity index (χ2n) is 6.90. The number of fused-ring (bicyclic) bond motifs is 4. The lowest BCUT2D eigenvalue weighted by Crippen LogP contribution is -2.26. The highest BCUT2D eigenvalue weighted by atomic mass is 19.2. The van der Waals surface area contributed by atoms with E-state index in [2.05, 4.69) is 28.2 Å². The molecule has 0 amide bonds. The Balaban J connectivity index is 1.89. The van der Waals surface area contributed by atoms with E-state index in [-0.39, 0.29) is 5.39 Å². The van der Waals surface area contributed by atoms with Crippen molar-refractivity contribution in [3.63, 3.8) is 0 Å². The molecule has 4 aromatic rings. The van der Waals surface area contributed by atoms with E-state index in [0.29, 0.717) is 29.5 Å². The number of rotatable bonds is 1. The standard InChI is InChI=1S/C20H17F2N5/c1-11-5-3-7-15-13(11)6-4-10-26(15)19-17-16(9-8-14(21)18(17)22)27-12(2)24-25-20(27)23-19/h3,5,7-9H,4,6,10H2,1-2H3. The Hall–Kier alpha value is -3.09. The van der Waals surface area contributed by atoms with Crippen LogP contribution in [0, 0.1) is 25.5 Å². The number of benzene rings is 2. The largest absolute Gasteiger partial charge is 0.325 e. The molecule has 0 bridgehead atoms. The van der Waals surface area contributed by atoms with Crippen LogP contribution in [0.1, 0.15) is 23.4 Å². The minimum Gasteiger partial charge on any atom is -0.325 e. The number of halogens is 2. The maximum Gasteiger partial charge on any atom is 0.257 e. The Morgan fingerprint density at radius 3 is 2.74 bits per heavy atom. The summed E-state index contributed by atoms with van der Waals surface area (Å²) in [6, 6.07) is 8.74. The van der Waals surface area contributed by atoms with Gasteiger partial charge in [0.2, 0.25) is 0 Å². The number of nitrogens with zero attached hydrogens (tertiary/aromatic N) is 5. The first-order chi connectivity index (χ1) is 13.1. The lowest BCUT2D eigenvalue weighted by Gasteiger charge is -2.32. The predicted molar refractivity (Wildman–Crippen MR) is 99.4 cm³/mol. The SMILES string of the molecule is Cc1cccc2c1CCCN2c1nc2nnc(C)n2c2ccc(F)c(F)c12. The van der Waals surface area contributed by atoms with Crippen LogP contribution in [0.25, 0.3) is 16.7 Å². The highest BCUT2D eigenvalue weighted by molar-refractivity contribution is 5.94. The van der Waals surface area contributed by atoms with Gasteiger partial charge >= 0.3 is 0 Å². The van der Waals surface area contributed by atoms with Crippen molar-refractivity contribution in [1.29, 1.82) is 0 Å². The zero-order valence-corrected chi connectivity index (χ0v) is 15.0. The van der Waals surface area contributed by atoms with Gasteiger partial charge in [0.25, 0.3) is 5.78 Å². The van der Waals surface area contributed by atoms with Gasteiger partial charge in [-0.3, -0.25) is 4.40 Å². The third kappa shape index (κ3) is 2.24. The summed E-state index contributed by atoms with van der Waals surface area (Å²) in [5, 5.41) is 8.32. The number of aryl methyl sites for hydroxylation is 2. The molecule has 5 nitrogen and oxygen atoms in total. The molecule has 2 aromatic carbocycles. The van der Waals surface area contributed by atoms with Crippen LogP contribution < -0.4 is 4.90 Å². The van der Waals surface area contributed by atoms with E-state index in [4.69, 9.17) is 0 Å². The van der Waals surface area contributed by atoms with Gasteiger partial charge in [0.05, 0.1) is 10.9 Å². The predicted octanol–water partition coefficient (Wildman–Crippen LogP) is 4.26. The van der Waals surface area contributed by atoms with Crippen LogP contribution in [0.3, 0.4) is 0 Å². The first-order valence-electron chi connectivity index (χ1n) is 8.91. The van der Waals surface area contributed by atoms with Gasteiger partial charge < -0.3 is 4.90 Å². The van der Waals surface area contributed by atoms with Crippen molar-refractivity contribution in [3.8, 4) is 0 Å². The summed E-state index contributed by atoms with van der Waals surface area (Å²) < 4.78 is 30.7. The normalized spacial score (nSPS) is 14.1. The molecule has 0 saturated heterocycles. The fourth-order valence-electron chi connectivity index (χ4n) is 4.01. The van der Waals surface area contributed by atoms with Crippen LogP contribution in [-0.2, 0) is 6.42 Å². The van der Waals surface area contributed by atoms with Crippen LogP contribution >= 0.6 is 0 Å². The Morgan fingerprint density at radius 1 is 1.04 bits per heavy atom. The second kappa shape index (κ2) is 5.70. The molecule has 0 N–H and O–H groups in total. The summed E-state index contributed by atoms with van der Waals surface area (Å²) >= 11 is 0. The topological polar surface area (TPSA) is 46.3 Å². The molecule has 0 unspecified atom stereocenters. The van der Waals surface area contributed by atoms with Gasteiger partial charge in [0, 0.05) is 12.2 Å². The molecular formula is C20H17F2N5. The summed E-state index contributed by atoms with van der Waals surface area (Å²) in [6.45, 7) is 4.51. The summed E-state index contributed by atoms with van der Waals surface area (Å²) in [4.78, 5) is 6.56. The molecule has 0 aliphatic carbocycles. The van der Waals surface area contributed by atoms with E-state index in [9.17, 15) is 8.78 Å². The van der Waals surface area contributed by atoms with E-state index >= 15 is 0 Å². The molecule has 27 heavy (non-hydrogen) atoms. The van der Waals surface area contributed by atoms with E-state index in [1.54, 1.807) is 17.4 Å². The Labute approximate surface area is 154 Å². The minimum atomic E-state index is -0.898. The van der Waals surface area contributed by atoms with E-state index in [0.717, 1.165) is 24.6 Å². The molecule has 0 atom stereocenters. The maximum absolute atomic E-state index is 14.9. The average Bonchev–Trinajstić information content (AvgIpc) is 3.05. The first-order valence-corrected chi connectivity index (χ1v) is 8.91. The summed E-state index contributed by atoms with van der Waals surface area (Å²) in [5.41, 5.74) is 3.90. The third-order valence-corrected chi connectivity index (χ3v) is 5.29. The third-order valence-electron chi connectivity index (χ3n) is 5.29.